The summed E-state index contributed by atoms with van der Waals surface area (Å²) in [6, 6.07) is 2.40. The van der Waals surface area contributed by atoms with Crippen molar-refractivity contribution in [3.63, 3.8) is 0 Å². The van der Waals surface area contributed by atoms with Crippen molar-refractivity contribution in [2.24, 2.45) is 7.05 Å². The second kappa shape index (κ2) is 6.75. The number of amides is 1. The minimum absolute atomic E-state index is 0. The van der Waals surface area contributed by atoms with E-state index in [0.717, 1.165) is 18.7 Å². The van der Waals surface area contributed by atoms with Crippen LogP contribution in [0.25, 0.3) is 0 Å². The SMILES string of the molecule is Cc1cc(NC(=O)CCC2CCCN2)nn1C.Cl. The predicted octanol–water partition coefficient (Wildman–Crippen LogP) is 1.62. The number of carbonyl (C=O) groups is 1. The van der Waals surface area contributed by atoms with Crippen molar-refractivity contribution >= 4 is 24.1 Å². The Hall–Kier alpha value is -1.07. The van der Waals surface area contributed by atoms with Crippen LogP contribution in [0.4, 0.5) is 5.82 Å². The summed E-state index contributed by atoms with van der Waals surface area (Å²) in [6.07, 6.45) is 3.90. The predicted molar refractivity (Wildman–Crippen MR) is 74.1 cm³/mol. The number of hydrogen-bond acceptors (Lipinski definition) is 3. The van der Waals surface area contributed by atoms with Crippen LogP contribution in [0.2, 0.25) is 0 Å². The molecule has 5 nitrogen and oxygen atoms in total. The highest BCUT2D eigenvalue weighted by Gasteiger charge is 2.15. The lowest BCUT2D eigenvalue weighted by molar-refractivity contribution is -0.116. The molecule has 1 saturated heterocycles. The molecule has 1 unspecified atom stereocenters. The van der Waals surface area contributed by atoms with Crippen LogP contribution in [-0.4, -0.2) is 28.3 Å². The number of anilines is 1. The quantitative estimate of drug-likeness (QED) is 0.876. The molecule has 1 atom stereocenters. The summed E-state index contributed by atoms with van der Waals surface area (Å²) in [5, 5.41) is 10.4. The molecule has 1 aromatic rings. The third-order valence-corrected chi connectivity index (χ3v) is 3.26. The summed E-state index contributed by atoms with van der Waals surface area (Å²) < 4.78 is 1.76. The van der Waals surface area contributed by atoms with Crippen LogP contribution in [0.5, 0.6) is 0 Å². The Morgan fingerprint density at radius 2 is 2.44 bits per heavy atom. The van der Waals surface area contributed by atoms with Gasteiger partial charge in [-0.3, -0.25) is 9.48 Å². The van der Waals surface area contributed by atoms with Crippen LogP contribution in [-0.2, 0) is 11.8 Å². The summed E-state index contributed by atoms with van der Waals surface area (Å²) >= 11 is 0. The first-order valence-corrected chi connectivity index (χ1v) is 6.19. The number of nitrogens with zero attached hydrogens (tertiary/aromatic N) is 2. The molecule has 0 spiro atoms. The molecule has 0 radical (unpaired) electrons. The second-order valence-electron chi connectivity index (χ2n) is 4.67. The highest BCUT2D eigenvalue weighted by molar-refractivity contribution is 5.89. The van der Waals surface area contributed by atoms with Gasteiger partial charge in [0.25, 0.3) is 0 Å². The molecule has 102 valence electrons. The molecule has 2 rings (SSSR count). The van der Waals surface area contributed by atoms with Gasteiger partial charge in [-0.2, -0.15) is 5.10 Å². The molecule has 1 amide bonds. The Bertz CT molecular complexity index is 379. The van der Waals surface area contributed by atoms with Crippen molar-refractivity contribution in [1.82, 2.24) is 15.1 Å². The van der Waals surface area contributed by atoms with E-state index in [-0.39, 0.29) is 18.3 Å². The summed E-state index contributed by atoms with van der Waals surface area (Å²) in [7, 11) is 1.87. The standard InChI is InChI=1S/C12H20N4O.ClH/c1-9-8-11(15-16(9)2)14-12(17)6-5-10-4-3-7-13-10;/h8,10,13H,3-7H2,1-2H3,(H,14,15,17);1H. The number of aromatic nitrogens is 2. The van der Waals surface area contributed by atoms with Crippen LogP contribution in [0.3, 0.4) is 0 Å². The van der Waals surface area contributed by atoms with E-state index >= 15 is 0 Å². The largest absolute Gasteiger partial charge is 0.314 e. The van der Waals surface area contributed by atoms with Crippen LogP contribution in [0.1, 0.15) is 31.4 Å². The van der Waals surface area contributed by atoms with Gasteiger partial charge < -0.3 is 10.6 Å². The van der Waals surface area contributed by atoms with E-state index in [9.17, 15) is 4.79 Å². The molecule has 1 aliphatic heterocycles. The maximum atomic E-state index is 11.7. The monoisotopic (exact) mass is 272 g/mol. The molecule has 1 aliphatic rings. The number of carbonyl (C=O) groups excluding carboxylic acids is 1. The van der Waals surface area contributed by atoms with Gasteiger partial charge in [0.05, 0.1) is 0 Å². The lowest BCUT2D eigenvalue weighted by Gasteiger charge is -2.08. The Morgan fingerprint density at radius 3 is 3.00 bits per heavy atom. The Morgan fingerprint density at radius 1 is 1.67 bits per heavy atom. The van der Waals surface area contributed by atoms with E-state index in [1.54, 1.807) is 4.68 Å². The maximum Gasteiger partial charge on any atom is 0.225 e. The zero-order valence-electron chi connectivity index (χ0n) is 10.9. The lowest BCUT2D eigenvalue weighted by Crippen LogP contribution is -2.23. The van der Waals surface area contributed by atoms with Crippen LogP contribution < -0.4 is 10.6 Å². The molecular weight excluding hydrogens is 252 g/mol. The van der Waals surface area contributed by atoms with Crippen molar-refractivity contribution in [3.05, 3.63) is 11.8 Å². The van der Waals surface area contributed by atoms with Crippen molar-refractivity contribution in [3.8, 4) is 0 Å². The highest BCUT2D eigenvalue weighted by Crippen LogP contribution is 2.12. The van der Waals surface area contributed by atoms with Crippen molar-refractivity contribution in [2.45, 2.75) is 38.6 Å². The number of nitrogens with one attached hydrogen (secondary N) is 2. The Labute approximate surface area is 114 Å². The molecular formula is C12H21ClN4O. The van der Waals surface area contributed by atoms with Crippen molar-refractivity contribution in [2.75, 3.05) is 11.9 Å². The first-order valence-electron chi connectivity index (χ1n) is 6.19. The van der Waals surface area contributed by atoms with E-state index in [4.69, 9.17) is 0 Å². The summed E-state index contributed by atoms with van der Waals surface area (Å²) in [5.41, 5.74) is 1.04. The second-order valence-corrected chi connectivity index (χ2v) is 4.67. The smallest absolute Gasteiger partial charge is 0.225 e. The van der Waals surface area contributed by atoms with E-state index in [1.807, 2.05) is 20.0 Å². The Kier molecular flexibility index (Phi) is 5.62. The number of halogens is 1. The maximum absolute atomic E-state index is 11.7. The van der Waals surface area contributed by atoms with Crippen molar-refractivity contribution < 1.29 is 4.79 Å². The van der Waals surface area contributed by atoms with Gasteiger partial charge in [0.15, 0.2) is 5.82 Å². The van der Waals surface area contributed by atoms with Gasteiger partial charge in [0.2, 0.25) is 5.91 Å². The van der Waals surface area contributed by atoms with Gasteiger partial charge in [-0.1, -0.05) is 0 Å². The molecule has 0 aromatic carbocycles. The molecule has 2 heterocycles. The number of rotatable bonds is 4. The van der Waals surface area contributed by atoms with Gasteiger partial charge in [-0.05, 0) is 32.7 Å². The zero-order chi connectivity index (χ0) is 12.3. The lowest BCUT2D eigenvalue weighted by atomic mass is 10.1. The zero-order valence-corrected chi connectivity index (χ0v) is 11.7. The van der Waals surface area contributed by atoms with E-state index in [0.29, 0.717) is 18.3 Å². The fourth-order valence-corrected chi connectivity index (χ4v) is 2.14. The topological polar surface area (TPSA) is 59.0 Å². The van der Waals surface area contributed by atoms with E-state index in [2.05, 4.69) is 15.7 Å². The van der Waals surface area contributed by atoms with E-state index < -0.39 is 0 Å². The first kappa shape index (κ1) is 15.0. The van der Waals surface area contributed by atoms with Gasteiger partial charge in [0.1, 0.15) is 0 Å². The Balaban J connectivity index is 0.00000162. The fraction of sp³-hybridized carbons (Fsp3) is 0.667. The first-order chi connectivity index (χ1) is 8.15. The number of aryl methyl sites for hydroxylation is 2. The minimum Gasteiger partial charge on any atom is -0.314 e. The van der Waals surface area contributed by atoms with Gasteiger partial charge in [0, 0.05) is 31.3 Å². The van der Waals surface area contributed by atoms with Gasteiger partial charge in [-0.15, -0.1) is 12.4 Å². The molecule has 0 aliphatic carbocycles. The van der Waals surface area contributed by atoms with Gasteiger partial charge >= 0.3 is 0 Å². The third-order valence-electron chi connectivity index (χ3n) is 3.26. The van der Waals surface area contributed by atoms with Crippen LogP contribution in [0.15, 0.2) is 6.07 Å². The average Bonchev–Trinajstić information content (AvgIpc) is 2.87. The van der Waals surface area contributed by atoms with Crippen molar-refractivity contribution in [1.29, 1.82) is 0 Å². The molecule has 1 fully saturated rings. The third kappa shape index (κ3) is 3.99. The molecule has 18 heavy (non-hydrogen) atoms. The summed E-state index contributed by atoms with van der Waals surface area (Å²) in [6.45, 7) is 3.05. The van der Waals surface area contributed by atoms with Gasteiger partial charge in [-0.25, -0.2) is 0 Å². The molecule has 1 aromatic heterocycles. The molecule has 2 N–H and O–H groups in total. The summed E-state index contributed by atoms with van der Waals surface area (Å²) in [5.74, 6) is 0.700. The minimum atomic E-state index is 0. The highest BCUT2D eigenvalue weighted by atomic mass is 35.5. The fourth-order valence-electron chi connectivity index (χ4n) is 2.14. The molecule has 0 bridgehead atoms. The molecule has 0 saturated carbocycles. The summed E-state index contributed by atoms with van der Waals surface area (Å²) in [4.78, 5) is 11.7. The normalized spacial score (nSPS) is 18.4. The van der Waals surface area contributed by atoms with E-state index in [1.165, 1.54) is 12.8 Å². The number of hydrogen-bond donors (Lipinski definition) is 2. The molecule has 6 heteroatoms. The average molecular weight is 273 g/mol. The van der Waals surface area contributed by atoms with Crippen LogP contribution in [0, 0.1) is 6.92 Å². The van der Waals surface area contributed by atoms with Crippen LogP contribution >= 0.6 is 12.4 Å².